The van der Waals surface area contributed by atoms with Crippen molar-refractivity contribution in [1.29, 1.82) is 0 Å². The second kappa shape index (κ2) is 7.53. The van der Waals surface area contributed by atoms with Crippen molar-refractivity contribution in [3.8, 4) is 0 Å². The molecular weight excluding hydrogens is 218 g/mol. The fraction of sp³-hybridized carbons (Fsp3) is 1.00. The zero-order valence-electron chi connectivity index (χ0n) is 13.2. The van der Waals surface area contributed by atoms with Crippen molar-refractivity contribution in [2.24, 2.45) is 23.0 Å². The number of rotatable bonds is 7. The standard InChI is InChI=1S/C17H35N/c1-5-6-7-8-9-12-17(3,4)15-11-10-14(2)13-16(15)18/h14-16H,5-13,18H2,1-4H3. The molecule has 3 atom stereocenters. The molecule has 1 heteroatoms. The molecule has 0 aromatic heterocycles. The van der Waals surface area contributed by atoms with E-state index < -0.39 is 0 Å². The van der Waals surface area contributed by atoms with Crippen LogP contribution in [0.3, 0.4) is 0 Å². The Labute approximate surface area is 115 Å². The summed E-state index contributed by atoms with van der Waals surface area (Å²) in [7, 11) is 0. The molecule has 1 rings (SSSR count). The second-order valence-corrected chi connectivity index (χ2v) is 7.34. The molecule has 0 bridgehead atoms. The summed E-state index contributed by atoms with van der Waals surface area (Å²) in [6.07, 6.45) is 12.3. The van der Waals surface area contributed by atoms with Gasteiger partial charge in [0.25, 0.3) is 0 Å². The van der Waals surface area contributed by atoms with Crippen LogP contribution in [0.1, 0.15) is 85.5 Å². The van der Waals surface area contributed by atoms with Crippen LogP contribution < -0.4 is 5.73 Å². The number of hydrogen-bond donors (Lipinski definition) is 1. The first-order valence-corrected chi connectivity index (χ1v) is 8.23. The highest BCUT2D eigenvalue weighted by Crippen LogP contribution is 2.42. The van der Waals surface area contributed by atoms with Crippen LogP contribution in [0.4, 0.5) is 0 Å². The summed E-state index contributed by atoms with van der Waals surface area (Å²) in [5.41, 5.74) is 6.86. The van der Waals surface area contributed by atoms with E-state index in [0.717, 1.165) is 11.8 Å². The Bertz CT molecular complexity index is 222. The summed E-state index contributed by atoms with van der Waals surface area (Å²) < 4.78 is 0. The maximum atomic E-state index is 6.41. The van der Waals surface area contributed by atoms with E-state index in [1.54, 1.807) is 0 Å². The Kier molecular flexibility index (Phi) is 6.70. The first kappa shape index (κ1) is 16.0. The van der Waals surface area contributed by atoms with Gasteiger partial charge >= 0.3 is 0 Å². The molecule has 0 spiro atoms. The SMILES string of the molecule is CCCCCCCC(C)(C)C1CCC(C)CC1N. The summed E-state index contributed by atoms with van der Waals surface area (Å²) >= 11 is 0. The summed E-state index contributed by atoms with van der Waals surface area (Å²) in [5, 5.41) is 0. The molecular formula is C17H35N. The van der Waals surface area contributed by atoms with Crippen LogP contribution in [0.25, 0.3) is 0 Å². The van der Waals surface area contributed by atoms with Crippen molar-refractivity contribution in [3.63, 3.8) is 0 Å². The van der Waals surface area contributed by atoms with Gasteiger partial charge in [-0.3, -0.25) is 0 Å². The van der Waals surface area contributed by atoms with Crippen molar-refractivity contribution in [2.75, 3.05) is 0 Å². The minimum atomic E-state index is 0.444. The molecule has 1 aliphatic carbocycles. The van der Waals surface area contributed by atoms with Gasteiger partial charge in [-0.1, -0.05) is 66.2 Å². The van der Waals surface area contributed by atoms with E-state index in [1.807, 2.05) is 0 Å². The van der Waals surface area contributed by atoms with Gasteiger partial charge in [0, 0.05) is 6.04 Å². The van der Waals surface area contributed by atoms with Gasteiger partial charge < -0.3 is 5.73 Å². The van der Waals surface area contributed by atoms with Gasteiger partial charge in [-0.25, -0.2) is 0 Å². The molecule has 1 aliphatic rings. The molecule has 0 aliphatic heterocycles. The molecule has 1 fully saturated rings. The lowest BCUT2D eigenvalue weighted by molar-refractivity contribution is 0.102. The van der Waals surface area contributed by atoms with Crippen LogP contribution in [-0.4, -0.2) is 6.04 Å². The van der Waals surface area contributed by atoms with Crippen molar-refractivity contribution in [3.05, 3.63) is 0 Å². The minimum absolute atomic E-state index is 0.444. The Morgan fingerprint density at radius 2 is 1.72 bits per heavy atom. The average Bonchev–Trinajstić information content (AvgIpc) is 2.28. The van der Waals surface area contributed by atoms with Crippen LogP contribution >= 0.6 is 0 Å². The molecule has 0 aromatic rings. The number of hydrogen-bond acceptors (Lipinski definition) is 1. The van der Waals surface area contributed by atoms with Crippen LogP contribution in [0.5, 0.6) is 0 Å². The monoisotopic (exact) mass is 253 g/mol. The first-order valence-electron chi connectivity index (χ1n) is 8.23. The van der Waals surface area contributed by atoms with Gasteiger partial charge in [0.05, 0.1) is 0 Å². The first-order chi connectivity index (χ1) is 8.47. The van der Waals surface area contributed by atoms with Gasteiger partial charge in [0.1, 0.15) is 0 Å². The van der Waals surface area contributed by atoms with Crippen molar-refractivity contribution >= 4 is 0 Å². The van der Waals surface area contributed by atoms with E-state index in [4.69, 9.17) is 5.73 Å². The van der Waals surface area contributed by atoms with Crippen molar-refractivity contribution in [2.45, 2.75) is 91.5 Å². The Morgan fingerprint density at radius 3 is 2.33 bits per heavy atom. The van der Waals surface area contributed by atoms with E-state index in [1.165, 1.54) is 57.8 Å². The fourth-order valence-corrected chi connectivity index (χ4v) is 3.76. The zero-order chi connectivity index (χ0) is 13.6. The maximum Gasteiger partial charge on any atom is 0.00747 e. The summed E-state index contributed by atoms with van der Waals surface area (Å²) in [4.78, 5) is 0. The highest BCUT2D eigenvalue weighted by molar-refractivity contribution is 4.90. The predicted octanol–water partition coefficient (Wildman–Crippen LogP) is 5.14. The van der Waals surface area contributed by atoms with E-state index >= 15 is 0 Å². The van der Waals surface area contributed by atoms with Gasteiger partial charge in [0.2, 0.25) is 0 Å². The average molecular weight is 253 g/mol. The largest absolute Gasteiger partial charge is 0.327 e. The van der Waals surface area contributed by atoms with E-state index in [0.29, 0.717) is 11.5 Å². The molecule has 0 aromatic carbocycles. The Hall–Kier alpha value is -0.0400. The predicted molar refractivity (Wildman–Crippen MR) is 81.6 cm³/mol. The van der Waals surface area contributed by atoms with Gasteiger partial charge in [0.15, 0.2) is 0 Å². The molecule has 3 unspecified atom stereocenters. The Balaban J connectivity index is 2.33. The van der Waals surface area contributed by atoms with Crippen LogP contribution in [-0.2, 0) is 0 Å². The third-order valence-electron chi connectivity index (χ3n) is 5.09. The van der Waals surface area contributed by atoms with Gasteiger partial charge in [-0.15, -0.1) is 0 Å². The van der Waals surface area contributed by atoms with Crippen molar-refractivity contribution < 1.29 is 0 Å². The van der Waals surface area contributed by atoms with Crippen molar-refractivity contribution in [1.82, 2.24) is 0 Å². The van der Waals surface area contributed by atoms with Crippen LogP contribution in [0.2, 0.25) is 0 Å². The lowest BCUT2D eigenvalue weighted by Gasteiger charge is -2.43. The van der Waals surface area contributed by atoms with Gasteiger partial charge in [-0.05, 0) is 36.5 Å². The highest BCUT2D eigenvalue weighted by atomic mass is 14.7. The third-order valence-corrected chi connectivity index (χ3v) is 5.09. The smallest absolute Gasteiger partial charge is 0.00747 e. The molecule has 0 heterocycles. The molecule has 2 N–H and O–H groups in total. The molecule has 0 amide bonds. The molecule has 0 saturated heterocycles. The molecule has 0 radical (unpaired) electrons. The normalized spacial score (nSPS) is 29.5. The lowest BCUT2D eigenvalue weighted by atomic mass is 9.65. The fourth-order valence-electron chi connectivity index (χ4n) is 3.76. The lowest BCUT2D eigenvalue weighted by Crippen LogP contribution is -2.43. The highest BCUT2D eigenvalue weighted by Gasteiger charge is 2.36. The summed E-state index contributed by atoms with van der Waals surface area (Å²) in [5.74, 6) is 1.59. The van der Waals surface area contributed by atoms with Crippen LogP contribution in [0, 0.1) is 17.3 Å². The molecule has 108 valence electrons. The van der Waals surface area contributed by atoms with E-state index in [9.17, 15) is 0 Å². The Morgan fingerprint density at radius 1 is 1.06 bits per heavy atom. The minimum Gasteiger partial charge on any atom is -0.327 e. The number of nitrogens with two attached hydrogens (primary N) is 1. The maximum absolute atomic E-state index is 6.41. The van der Waals surface area contributed by atoms with Gasteiger partial charge in [-0.2, -0.15) is 0 Å². The van der Waals surface area contributed by atoms with E-state index in [-0.39, 0.29) is 0 Å². The molecule has 1 nitrogen and oxygen atoms in total. The third kappa shape index (κ3) is 4.91. The second-order valence-electron chi connectivity index (χ2n) is 7.34. The quantitative estimate of drug-likeness (QED) is 0.625. The summed E-state index contributed by atoms with van der Waals surface area (Å²) in [6, 6.07) is 0.444. The van der Waals surface area contributed by atoms with Crippen LogP contribution in [0.15, 0.2) is 0 Å². The van der Waals surface area contributed by atoms with E-state index in [2.05, 4.69) is 27.7 Å². The summed E-state index contributed by atoms with van der Waals surface area (Å²) in [6.45, 7) is 9.54. The molecule has 18 heavy (non-hydrogen) atoms. The number of unbranched alkanes of at least 4 members (excludes halogenated alkanes) is 4. The zero-order valence-corrected chi connectivity index (χ0v) is 13.2. The molecule has 1 saturated carbocycles. The topological polar surface area (TPSA) is 26.0 Å².